The van der Waals surface area contributed by atoms with Crippen molar-refractivity contribution in [1.82, 2.24) is 24.7 Å². The molecule has 0 fully saturated rings. The van der Waals surface area contributed by atoms with Gasteiger partial charge in [0.25, 0.3) is 5.91 Å². The zero-order valence-electron chi connectivity index (χ0n) is 13.3. The number of rotatable bonds is 5. The van der Waals surface area contributed by atoms with Crippen LogP contribution in [0.15, 0.2) is 43.2 Å². The van der Waals surface area contributed by atoms with Gasteiger partial charge in [0.15, 0.2) is 12.4 Å². The van der Waals surface area contributed by atoms with Gasteiger partial charge in [-0.1, -0.05) is 6.07 Å². The third kappa shape index (κ3) is 3.92. The molecule has 0 spiro atoms. The maximum Gasteiger partial charge on any atom is 0.263 e. The fraction of sp³-hybridized carbons (Fsp3) is 0.188. The van der Waals surface area contributed by atoms with Crippen LogP contribution in [0.5, 0.6) is 5.75 Å². The number of carbonyl (C=O) groups is 1. The normalized spacial score (nSPS) is 10.4. The minimum Gasteiger partial charge on any atom is -0.484 e. The van der Waals surface area contributed by atoms with E-state index in [-0.39, 0.29) is 12.5 Å². The summed E-state index contributed by atoms with van der Waals surface area (Å²) in [6, 6.07) is 7.41. The Morgan fingerprint density at radius 1 is 1.12 bits per heavy atom. The number of benzene rings is 1. The van der Waals surface area contributed by atoms with Crippen LogP contribution in [0.3, 0.4) is 0 Å². The van der Waals surface area contributed by atoms with Gasteiger partial charge in [-0.2, -0.15) is 5.10 Å². The Morgan fingerprint density at radius 2 is 1.92 bits per heavy atom. The molecule has 0 atom stereocenters. The average molecular weight is 324 g/mol. The van der Waals surface area contributed by atoms with E-state index in [1.807, 2.05) is 32.0 Å². The number of nitrogens with one attached hydrogen (secondary N) is 1. The molecule has 0 bridgehead atoms. The average Bonchev–Trinajstić information content (AvgIpc) is 3.07. The van der Waals surface area contributed by atoms with Gasteiger partial charge in [0.2, 0.25) is 0 Å². The molecule has 0 saturated heterocycles. The van der Waals surface area contributed by atoms with E-state index in [4.69, 9.17) is 4.74 Å². The van der Waals surface area contributed by atoms with Gasteiger partial charge in [0, 0.05) is 6.07 Å². The van der Waals surface area contributed by atoms with Crippen LogP contribution < -0.4 is 10.1 Å². The van der Waals surface area contributed by atoms with Gasteiger partial charge in [0.05, 0.1) is 0 Å². The largest absolute Gasteiger partial charge is 0.484 e. The minimum absolute atomic E-state index is 0.106. The fourth-order valence-corrected chi connectivity index (χ4v) is 2.21. The molecule has 122 valence electrons. The Balaban J connectivity index is 1.62. The summed E-state index contributed by atoms with van der Waals surface area (Å²) in [6.45, 7) is 3.85. The summed E-state index contributed by atoms with van der Waals surface area (Å²) in [4.78, 5) is 24.0. The molecular formula is C16H16N6O2. The Labute approximate surface area is 138 Å². The number of aryl methyl sites for hydroxylation is 2. The first-order chi connectivity index (χ1) is 11.6. The van der Waals surface area contributed by atoms with Crippen LogP contribution in [0.2, 0.25) is 0 Å². The Hall–Kier alpha value is -3.29. The highest BCUT2D eigenvalue weighted by Gasteiger charge is 2.07. The number of anilines is 1. The van der Waals surface area contributed by atoms with Crippen molar-refractivity contribution in [2.75, 3.05) is 11.9 Å². The third-order valence-electron chi connectivity index (χ3n) is 3.14. The van der Waals surface area contributed by atoms with E-state index in [1.54, 1.807) is 6.07 Å². The van der Waals surface area contributed by atoms with Gasteiger partial charge in [-0.25, -0.2) is 19.6 Å². The summed E-state index contributed by atoms with van der Waals surface area (Å²) in [5.41, 5.74) is 2.16. The highest BCUT2D eigenvalue weighted by molar-refractivity contribution is 5.91. The Bertz CT molecular complexity index is 827. The van der Waals surface area contributed by atoms with Gasteiger partial charge in [-0.15, -0.1) is 0 Å². The molecule has 1 aromatic carbocycles. The lowest BCUT2D eigenvalue weighted by Gasteiger charge is -2.09. The zero-order chi connectivity index (χ0) is 16.9. The number of hydrogen-bond donors (Lipinski definition) is 1. The second kappa shape index (κ2) is 6.86. The van der Waals surface area contributed by atoms with Gasteiger partial charge < -0.3 is 10.1 Å². The van der Waals surface area contributed by atoms with E-state index in [1.165, 1.54) is 23.7 Å². The molecule has 1 N–H and O–H groups in total. The molecule has 0 aliphatic heterocycles. The molecule has 3 aromatic rings. The molecule has 24 heavy (non-hydrogen) atoms. The van der Waals surface area contributed by atoms with Crippen LogP contribution in [0.1, 0.15) is 11.1 Å². The lowest BCUT2D eigenvalue weighted by molar-refractivity contribution is -0.118. The molecule has 0 unspecified atom stereocenters. The Morgan fingerprint density at radius 3 is 2.62 bits per heavy atom. The number of nitrogens with zero attached hydrogens (tertiary/aromatic N) is 5. The highest BCUT2D eigenvalue weighted by atomic mass is 16.5. The van der Waals surface area contributed by atoms with Gasteiger partial charge >= 0.3 is 0 Å². The first-order valence-electron chi connectivity index (χ1n) is 7.28. The van der Waals surface area contributed by atoms with Crippen LogP contribution in [0.4, 0.5) is 5.82 Å². The summed E-state index contributed by atoms with van der Waals surface area (Å²) in [7, 11) is 0. The van der Waals surface area contributed by atoms with Crippen molar-refractivity contribution in [3.63, 3.8) is 0 Å². The van der Waals surface area contributed by atoms with E-state index < -0.39 is 0 Å². The maximum atomic E-state index is 12.0. The molecule has 8 heteroatoms. The second-order valence-corrected chi connectivity index (χ2v) is 5.26. The first kappa shape index (κ1) is 15.6. The monoisotopic (exact) mass is 324 g/mol. The van der Waals surface area contributed by atoms with Crippen LogP contribution in [0.25, 0.3) is 5.82 Å². The molecule has 0 aliphatic carbocycles. The van der Waals surface area contributed by atoms with Crippen molar-refractivity contribution in [2.45, 2.75) is 13.8 Å². The summed E-state index contributed by atoms with van der Waals surface area (Å²) >= 11 is 0. The van der Waals surface area contributed by atoms with Gasteiger partial charge in [-0.05, 0) is 37.1 Å². The van der Waals surface area contributed by atoms with E-state index in [0.29, 0.717) is 17.4 Å². The predicted octanol–water partition coefficient (Wildman–Crippen LogP) is 1.69. The van der Waals surface area contributed by atoms with Crippen molar-refractivity contribution >= 4 is 11.7 Å². The minimum atomic E-state index is -0.308. The predicted molar refractivity (Wildman–Crippen MR) is 87.0 cm³/mol. The van der Waals surface area contributed by atoms with Crippen molar-refractivity contribution in [3.8, 4) is 11.6 Å². The second-order valence-electron chi connectivity index (χ2n) is 5.26. The van der Waals surface area contributed by atoms with Gasteiger partial charge in [-0.3, -0.25) is 4.79 Å². The number of carbonyl (C=O) groups excluding carboxylic acids is 1. The maximum absolute atomic E-state index is 12.0. The lowest BCUT2D eigenvalue weighted by Crippen LogP contribution is -2.21. The van der Waals surface area contributed by atoms with E-state index in [0.717, 1.165) is 11.1 Å². The zero-order valence-corrected chi connectivity index (χ0v) is 13.3. The molecule has 0 radical (unpaired) electrons. The summed E-state index contributed by atoms with van der Waals surface area (Å²) in [5, 5.41) is 6.64. The molecule has 8 nitrogen and oxygen atoms in total. The SMILES string of the molecule is Cc1cc(C)cc(OCC(=O)Nc2cc(-n3cncn3)ncn2)c1. The molecular weight excluding hydrogens is 308 g/mol. The quantitative estimate of drug-likeness (QED) is 0.767. The van der Waals surface area contributed by atoms with Crippen molar-refractivity contribution in [3.05, 3.63) is 54.4 Å². The van der Waals surface area contributed by atoms with Crippen molar-refractivity contribution in [1.29, 1.82) is 0 Å². The highest BCUT2D eigenvalue weighted by Crippen LogP contribution is 2.16. The molecule has 2 heterocycles. The Kier molecular flexibility index (Phi) is 4.46. The smallest absolute Gasteiger partial charge is 0.263 e. The lowest BCUT2D eigenvalue weighted by atomic mass is 10.1. The van der Waals surface area contributed by atoms with Gasteiger partial charge in [0.1, 0.15) is 30.5 Å². The molecule has 0 aliphatic rings. The molecule has 3 rings (SSSR count). The van der Waals surface area contributed by atoms with Crippen LogP contribution in [0, 0.1) is 13.8 Å². The van der Waals surface area contributed by atoms with Crippen LogP contribution >= 0.6 is 0 Å². The van der Waals surface area contributed by atoms with Crippen LogP contribution in [-0.2, 0) is 4.79 Å². The topological polar surface area (TPSA) is 94.8 Å². The van der Waals surface area contributed by atoms with E-state index >= 15 is 0 Å². The molecule has 0 saturated carbocycles. The first-order valence-corrected chi connectivity index (χ1v) is 7.28. The van der Waals surface area contributed by atoms with Crippen molar-refractivity contribution in [2.24, 2.45) is 0 Å². The van der Waals surface area contributed by atoms with Crippen molar-refractivity contribution < 1.29 is 9.53 Å². The summed E-state index contributed by atoms with van der Waals surface area (Å²) in [5.74, 6) is 1.23. The number of ether oxygens (including phenoxy) is 1. The molecule has 2 aromatic heterocycles. The number of amides is 1. The van der Waals surface area contributed by atoms with E-state index in [2.05, 4.69) is 25.4 Å². The third-order valence-corrected chi connectivity index (χ3v) is 3.14. The van der Waals surface area contributed by atoms with E-state index in [9.17, 15) is 4.79 Å². The van der Waals surface area contributed by atoms with Crippen LogP contribution in [-0.4, -0.2) is 37.2 Å². The standard InChI is InChI=1S/C16H16N6O2/c1-11-3-12(2)5-13(4-11)24-7-16(23)21-14-6-15(19-9-18-14)22-10-17-8-20-22/h3-6,8-10H,7H2,1-2H3,(H,18,19,21,23). The summed E-state index contributed by atoms with van der Waals surface area (Å²) in [6.07, 6.45) is 4.26. The summed E-state index contributed by atoms with van der Waals surface area (Å²) < 4.78 is 7.00. The molecule has 1 amide bonds. The number of aromatic nitrogens is 5. The number of hydrogen-bond acceptors (Lipinski definition) is 6. The fourth-order valence-electron chi connectivity index (χ4n) is 2.21.